The van der Waals surface area contributed by atoms with Gasteiger partial charge in [0, 0.05) is 6.92 Å². The van der Waals surface area contributed by atoms with Gasteiger partial charge < -0.3 is 4.74 Å². The summed E-state index contributed by atoms with van der Waals surface area (Å²) in [5.74, 6) is -0.240. The van der Waals surface area contributed by atoms with Crippen molar-refractivity contribution in [2.75, 3.05) is 0 Å². The highest BCUT2D eigenvalue weighted by molar-refractivity contribution is 5.75. The predicted octanol–water partition coefficient (Wildman–Crippen LogP) is 0.128. The summed E-state index contributed by atoms with van der Waals surface area (Å²) in [7, 11) is 0. The molecule has 0 aliphatic heterocycles. The molecular formula is C7H10MgO2. The van der Waals surface area contributed by atoms with Gasteiger partial charge in [-0.05, 0) is 12.2 Å². The number of allylic oxidation sites excluding steroid dienone is 2. The first-order chi connectivity index (χ1) is 4.29. The molecule has 0 fully saturated rings. The van der Waals surface area contributed by atoms with Crippen molar-refractivity contribution in [3.63, 3.8) is 0 Å². The second-order valence-electron chi connectivity index (χ2n) is 1.84. The number of carbonyl (C=O) groups excluding carboxylic acids is 1. The molecule has 0 saturated carbocycles. The Morgan fingerprint density at radius 2 is 1.90 bits per heavy atom. The Morgan fingerprint density at radius 1 is 1.40 bits per heavy atom. The average Bonchev–Trinajstić information content (AvgIpc) is 2.15. The van der Waals surface area contributed by atoms with Gasteiger partial charge in [0.15, 0.2) is 0 Å². The molecule has 0 bridgehead atoms. The van der Waals surface area contributed by atoms with Gasteiger partial charge in [0.1, 0.15) is 6.10 Å². The monoisotopic (exact) mass is 150 g/mol. The number of esters is 1. The maximum absolute atomic E-state index is 10.3. The standard InChI is InChI=1S/C7H8O2.Mg.2H/c1-6(8)9-7-4-2-3-5-7;;;/h2-5,7H,1H3;;;. The van der Waals surface area contributed by atoms with E-state index in [1.165, 1.54) is 6.92 Å². The van der Waals surface area contributed by atoms with Gasteiger partial charge in [-0.2, -0.15) is 0 Å². The molecule has 0 N–H and O–H groups in total. The molecule has 52 valence electrons. The fraction of sp³-hybridized carbons (Fsp3) is 0.286. The maximum Gasteiger partial charge on any atom is 0.316 e. The van der Waals surface area contributed by atoms with E-state index in [-0.39, 0.29) is 35.1 Å². The number of carbonyl (C=O) groups is 1. The van der Waals surface area contributed by atoms with Crippen LogP contribution in [-0.4, -0.2) is 35.1 Å². The summed E-state index contributed by atoms with van der Waals surface area (Å²) in [6.45, 7) is 1.40. The van der Waals surface area contributed by atoms with Crippen LogP contribution in [0.3, 0.4) is 0 Å². The molecule has 0 heterocycles. The summed E-state index contributed by atoms with van der Waals surface area (Å²) in [6.07, 6.45) is 7.23. The van der Waals surface area contributed by atoms with E-state index in [9.17, 15) is 4.79 Å². The zero-order chi connectivity index (χ0) is 6.69. The SMILES string of the molecule is CC(=O)OC1C=CC=C1.[MgH2]. The van der Waals surface area contributed by atoms with Gasteiger partial charge >= 0.3 is 29.0 Å². The molecule has 0 radical (unpaired) electrons. The van der Waals surface area contributed by atoms with Crippen molar-refractivity contribution in [1.29, 1.82) is 0 Å². The molecule has 0 aromatic rings. The predicted molar refractivity (Wildman–Crippen MR) is 42.4 cm³/mol. The molecule has 0 amide bonds. The molecular weight excluding hydrogens is 140 g/mol. The molecule has 10 heavy (non-hydrogen) atoms. The highest BCUT2D eigenvalue weighted by Crippen LogP contribution is 2.03. The molecule has 3 heteroatoms. The first kappa shape index (κ1) is 9.72. The molecule has 2 nitrogen and oxygen atoms in total. The maximum atomic E-state index is 10.3. The molecule has 1 aliphatic carbocycles. The van der Waals surface area contributed by atoms with Crippen LogP contribution in [0.1, 0.15) is 6.92 Å². The van der Waals surface area contributed by atoms with Crippen LogP contribution in [0.2, 0.25) is 0 Å². The van der Waals surface area contributed by atoms with E-state index in [1.54, 1.807) is 0 Å². The third-order valence-corrected chi connectivity index (χ3v) is 1.01. The van der Waals surface area contributed by atoms with Crippen molar-refractivity contribution in [3.05, 3.63) is 24.3 Å². The minimum atomic E-state index is -0.240. The van der Waals surface area contributed by atoms with Crippen molar-refractivity contribution in [1.82, 2.24) is 0 Å². The zero-order valence-corrected chi connectivity index (χ0v) is 5.20. The molecule has 0 atom stereocenters. The fourth-order valence-corrected chi connectivity index (χ4v) is 0.682. The number of ether oxygens (including phenoxy) is 1. The Balaban J connectivity index is 0.000000810. The van der Waals surface area contributed by atoms with Crippen LogP contribution in [0.25, 0.3) is 0 Å². The zero-order valence-electron chi connectivity index (χ0n) is 5.20. The summed E-state index contributed by atoms with van der Waals surface area (Å²) >= 11 is 0. The lowest BCUT2D eigenvalue weighted by Gasteiger charge is -2.03. The Hall–Kier alpha value is -0.284. The topological polar surface area (TPSA) is 26.3 Å². The Labute approximate surface area is 76.1 Å². The number of rotatable bonds is 1. The van der Waals surface area contributed by atoms with E-state index in [0.29, 0.717) is 0 Å². The minimum Gasteiger partial charge on any atom is -0.454 e. The molecule has 0 spiro atoms. The van der Waals surface area contributed by atoms with Gasteiger partial charge in [-0.1, -0.05) is 12.2 Å². The molecule has 1 aliphatic rings. The van der Waals surface area contributed by atoms with Crippen LogP contribution in [0.15, 0.2) is 24.3 Å². The largest absolute Gasteiger partial charge is 0.454 e. The van der Waals surface area contributed by atoms with Gasteiger partial charge in [0.2, 0.25) is 0 Å². The van der Waals surface area contributed by atoms with E-state index in [0.717, 1.165) is 0 Å². The van der Waals surface area contributed by atoms with Gasteiger partial charge in [-0.3, -0.25) is 4.79 Å². The second-order valence-corrected chi connectivity index (χ2v) is 1.84. The smallest absolute Gasteiger partial charge is 0.316 e. The Bertz CT molecular complexity index is 160. The van der Waals surface area contributed by atoms with Crippen molar-refractivity contribution in [2.24, 2.45) is 0 Å². The summed E-state index contributed by atoms with van der Waals surface area (Å²) in [6, 6.07) is 0. The van der Waals surface area contributed by atoms with Crippen molar-refractivity contribution in [3.8, 4) is 0 Å². The van der Waals surface area contributed by atoms with E-state index in [1.807, 2.05) is 24.3 Å². The minimum absolute atomic E-state index is 0. The number of hydrogen-bond donors (Lipinski definition) is 0. The highest BCUT2D eigenvalue weighted by atomic mass is 24.3. The molecule has 0 unspecified atom stereocenters. The summed E-state index contributed by atoms with van der Waals surface area (Å²) in [5.41, 5.74) is 0. The molecule has 0 aromatic heterocycles. The van der Waals surface area contributed by atoms with Crippen LogP contribution in [0, 0.1) is 0 Å². The first-order valence-electron chi connectivity index (χ1n) is 2.81. The van der Waals surface area contributed by atoms with Crippen LogP contribution >= 0.6 is 0 Å². The van der Waals surface area contributed by atoms with Crippen molar-refractivity contribution in [2.45, 2.75) is 13.0 Å². The number of hydrogen-bond acceptors (Lipinski definition) is 2. The van der Waals surface area contributed by atoms with Gasteiger partial charge in [-0.15, -0.1) is 0 Å². The second kappa shape index (κ2) is 4.52. The quantitative estimate of drug-likeness (QED) is 0.392. The van der Waals surface area contributed by atoms with Gasteiger partial charge in [0.25, 0.3) is 0 Å². The normalized spacial score (nSPS) is 14.9. The summed E-state index contributed by atoms with van der Waals surface area (Å²) in [5, 5.41) is 0. The average molecular weight is 150 g/mol. The van der Waals surface area contributed by atoms with Crippen LogP contribution < -0.4 is 0 Å². The van der Waals surface area contributed by atoms with Crippen LogP contribution in [-0.2, 0) is 9.53 Å². The first-order valence-corrected chi connectivity index (χ1v) is 2.81. The Kier molecular flexibility index (Phi) is 4.39. The molecule has 0 aromatic carbocycles. The summed E-state index contributed by atoms with van der Waals surface area (Å²) < 4.78 is 4.80. The lowest BCUT2D eigenvalue weighted by atomic mass is 10.4. The van der Waals surface area contributed by atoms with E-state index < -0.39 is 0 Å². The van der Waals surface area contributed by atoms with Gasteiger partial charge in [0.05, 0.1) is 0 Å². The highest BCUT2D eigenvalue weighted by Gasteiger charge is 2.04. The molecule has 0 saturated heterocycles. The molecule has 1 rings (SSSR count). The van der Waals surface area contributed by atoms with Crippen LogP contribution in [0.4, 0.5) is 0 Å². The van der Waals surface area contributed by atoms with E-state index >= 15 is 0 Å². The van der Waals surface area contributed by atoms with E-state index in [4.69, 9.17) is 4.74 Å². The third-order valence-electron chi connectivity index (χ3n) is 1.01. The van der Waals surface area contributed by atoms with Crippen molar-refractivity contribution >= 4 is 29.0 Å². The van der Waals surface area contributed by atoms with E-state index in [2.05, 4.69) is 0 Å². The lowest BCUT2D eigenvalue weighted by molar-refractivity contribution is -0.142. The van der Waals surface area contributed by atoms with Crippen molar-refractivity contribution < 1.29 is 9.53 Å². The van der Waals surface area contributed by atoms with Crippen LogP contribution in [0.5, 0.6) is 0 Å². The Morgan fingerprint density at radius 3 is 2.30 bits per heavy atom. The van der Waals surface area contributed by atoms with Gasteiger partial charge in [-0.25, -0.2) is 0 Å². The lowest BCUT2D eigenvalue weighted by Crippen LogP contribution is -2.08. The third kappa shape index (κ3) is 3.03. The fourth-order valence-electron chi connectivity index (χ4n) is 0.682. The summed E-state index contributed by atoms with van der Waals surface area (Å²) in [4.78, 5) is 10.3.